The van der Waals surface area contributed by atoms with Crippen LogP contribution < -0.4 is 4.74 Å². The number of fused-ring (bicyclic) bond motifs is 1. The number of hydrogen-bond donors (Lipinski definition) is 0. The SMILES string of the molecule is CC1=Cc2ccc(OC(=O)c3cnc(C)cn3)cc2S1=O. The maximum Gasteiger partial charge on any atom is 0.363 e. The van der Waals surface area contributed by atoms with Crippen molar-refractivity contribution >= 4 is 22.8 Å². The van der Waals surface area contributed by atoms with Gasteiger partial charge < -0.3 is 4.74 Å². The van der Waals surface area contributed by atoms with E-state index in [-0.39, 0.29) is 5.69 Å². The quantitative estimate of drug-likeness (QED) is 0.629. The molecular weight excluding hydrogens is 288 g/mol. The van der Waals surface area contributed by atoms with Crippen LogP contribution in [0.1, 0.15) is 28.7 Å². The molecule has 0 radical (unpaired) electrons. The third kappa shape index (κ3) is 2.62. The Balaban J connectivity index is 1.82. The second-order valence-electron chi connectivity index (χ2n) is 4.66. The Morgan fingerprint density at radius 1 is 1.19 bits per heavy atom. The van der Waals surface area contributed by atoms with Gasteiger partial charge in [0.2, 0.25) is 0 Å². The number of nitrogens with zero attached hydrogens (tertiary/aromatic N) is 2. The second-order valence-corrected chi connectivity index (χ2v) is 6.28. The van der Waals surface area contributed by atoms with E-state index in [2.05, 4.69) is 9.97 Å². The summed E-state index contributed by atoms with van der Waals surface area (Å²) in [6.07, 6.45) is 4.74. The second kappa shape index (κ2) is 5.21. The van der Waals surface area contributed by atoms with E-state index >= 15 is 0 Å². The molecule has 0 fully saturated rings. The number of allylic oxidation sites excluding steroid dienone is 1. The first kappa shape index (κ1) is 13.6. The van der Waals surface area contributed by atoms with E-state index in [1.54, 1.807) is 25.1 Å². The zero-order valence-corrected chi connectivity index (χ0v) is 12.3. The Kier molecular flexibility index (Phi) is 3.39. The number of esters is 1. The molecular formula is C15H12N2O3S. The van der Waals surface area contributed by atoms with Crippen molar-refractivity contribution in [1.82, 2.24) is 9.97 Å². The molecule has 21 heavy (non-hydrogen) atoms. The van der Waals surface area contributed by atoms with Gasteiger partial charge >= 0.3 is 5.97 Å². The molecule has 0 aliphatic carbocycles. The Labute approximate surface area is 124 Å². The molecule has 1 aliphatic heterocycles. The summed E-state index contributed by atoms with van der Waals surface area (Å²) >= 11 is 0. The van der Waals surface area contributed by atoms with Crippen molar-refractivity contribution in [1.29, 1.82) is 0 Å². The van der Waals surface area contributed by atoms with Crippen LogP contribution in [0.15, 0.2) is 40.4 Å². The lowest BCUT2D eigenvalue weighted by Crippen LogP contribution is -2.11. The number of carbonyl (C=O) groups is 1. The first-order valence-corrected chi connectivity index (χ1v) is 7.44. The first-order chi connectivity index (χ1) is 10.0. The normalized spacial score (nSPS) is 16.3. The summed E-state index contributed by atoms with van der Waals surface area (Å²) in [6.45, 7) is 3.59. The molecule has 0 N–H and O–H groups in total. The minimum atomic E-state index is -1.17. The monoisotopic (exact) mass is 300 g/mol. The zero-order valence-electron chi connectivity index (χ0n) is 11.5. The van der Waals surface area contributed by atoms with Gasteiger partial charge in [-0.2, -0.15) is 0 Å². The van der Waals surface area contributed by atoms with E-state index < -0.39 is 16.8 Å². The molecule has 0 saturated heterocycles. The highest BCUT2D eigenvalue weighted by molar-refractivity contribution is 7.89. The van der Waals surface area contributed by atoms with Crippen molar-refractivity contribution in [2.24, 2.45) is 0 Å². The molecule has 0 bridgehead atoms. The number of aromatic nitrogens is 2. The minimum Gasteiger partial charge on any atom is -0.422 e. The minimum absolute atomic E-state index is 0.136. The van der Waals surface area contributed by atoms with Crippen LogP contribution in [0.2, 0.25) is 0 Å². The fourth-order valence-corrected chi connectivity index (χ4v) is 3.11. The van der Waals surface area contributed by atoms with Crippen molar-refractivity contribution < 1.29 is 13.7 Å². The molecule has 1 unspecified atom stereocenters. The van der Waals surface area contributed by atoms with E-state index in [4.69, 9.17) is 4.74 Å². The van der Waals surface area contributed by atoms with E-state index in [0.717, 1.165) is 16.2 Å². The van der Waals surface area contributed by atoms with Crippen LogP contribution in [0.3, 0.4) is 0 Å². The van der Waals surface area contributed by atoms with E-state index in [1.165, 1.54) is 12.4 Å². The van der Waals surface area contributed by atoms with E-state index in [9.17, 15) is 9.00 Å². The average Bonchev–Trinajstić information content (AvgIpc) is 2.75. The van der Waals surface area contributed by atoms with Crippen molar-refractivity contribution in [2.75, 3.05) is 0 Å². The molecule has 5 nitrogen and oxygen atoms in total. The fourth-order valence-electron chi connectivity index (χ4n) is 1.96. The summed E-state index contributed by atoms with van der Waals surface area (Å²) in [7, 11) is -1.17. The third-order valence-corrected chi connectivity index (χ3v) is 4.49. The van der Waals surface area contributed by atoms with E-state index in [0.29, 0.717) is 10.6 Å². The Bertz CT molecular complexity index is 782. The van der Waals surface area contributed by atoms with Gasteiger partial charge in [0, 0.05) is 11.1 Å². The number of aryl methyl sites for hydroxylation is 1. The van der Waals surface area contributed by atoms with Crippen molar-refractivity contribution in [2.45, 2.75) is 18.7 Å². The summed E-state index contributed by atoms with van der Waals surface area (Å²) in [6, 6.07) is 5.08. The molecule has 0 spiro atoms. The van der Waals surface area contributed by atoms with Gasteiger partial charge in [0.1, 0.15) is 5.75 Å². The zero-order chi connectivity index (χ0) is 15.0. The summed E-state index contributed by atoms with van der Waals surface area (Å²) < 4.78 is 17.3. The Morgan fingerprint density at radius 2 is 2.00 bits per heavy atom. The summed E-state index contributed by atoms with van der Waals surface area (Å²) in [4.78, 5) is 21.4. The van der Waals surface area contributed by atoms with Crippen LogP contribution in [-0.4, -0.2) is 20.1 Å². The van der Waals surface area contributed by atoms with Gasteiger partial charge in [0.15, 0.2) is 5.69 Å². The maximum atomic E-state index is 12.0. The Hall–Kier alpha value is -2.34. The molecule has 1 aliphatic rings. The smallest absolute Gasteiger partial charge is 0.363 e. The lowest BCUT2D eigenvalue weighted by Gasteiger charge is -2.05. The summed E-state index contributed by atoms with van der Waals surface area (Å²) in [5.74, 6) is -0.242. The standard InChI is InChI=1S/C15H12N2O3S/c1-9-7-17-13(8-16-9)15(18)20-12-4-3-11-5-10(2)21(19)14(11)6-12/h3-8H,1-2H3. The molecule has 3 rings (SSSR count). The van der Waals surface area contributed by atoms with Crippen LogP contribution >= 0.6 is 0 Å². The fraction of sp³-hybridized carbons (Fsp3) is 0.133. The molecule has 6 heteroatoms. The number of hydrogen-bond acceptors (Lipinski definition) is 5. The lowest BCUT2D eigenvalue weighted by atomic mass is 10.2. The van der Waals surface area contributed by atoms with Crippen LogP contribution in [0.4, 0.5) is 0 Å². The first-order valence-electron chi connectivity index (χ1n) is 6.29. The van der Waals surface area contributed by atoms with Crippen LogP contribution in [-0.2, 0) is 10.8 Å². The summed E-state index contributed by atoms with van der Waals surface area (Å²) in [5.41, 5.74) is 1.75. The molecule has 2 aromatic rings. The van der Waals surface area contributed by atoms with Crippen LogP contribution in [0, 0.1) is 6.92 Å². The number of carbonyl (C=O) groups excluding carboxylic acids is 1. The highest BCUT2D eigenvalue weighted by atomic mass is 32.2. The predicted octanol–water partition coefficient (Wildman–Crippen LogP) is 2.49. The number of benzene rings is 1. The maximum absolute atomic E-state index is 12.0. The third-order valence-electron chi connectivity index (χ3n) is 3.04. The number of ether oxygens (including phenoxy) is 1. The van der Waals surface area contributed by atoms with Crippen molar-refractivity contribution in [3.05, 3.63) is 52.4 Å². The van der Waals surface area contributed by atoms with Gasteiger partial charge in [-0.25, -0.2) is 14.0 Å². The number of rotatable bonds is 2. The predicted molar refractivity (Wildman–Crippen MR) is 78.2 cm³/mol. The summed E-state index contributed by atoms with van der Waals surface area (Å²) in [5, 5.41) is 0. The molecule has 1 aromatic heterocycles. The lowest BCUT2D eigenvalue weighted by molar-refractivity contribution is 0.0727. The van der Waals surface area contributed by atoms with Gasteiger partial charge in [-0.1, -0.05) is 6.07 Å². The highest BCUT2D eigenvalue weighted by Crippen LogP contribution is 2.32. The highest BCUT2D eigenvalue weighted by Gasteiger charge is 2.19. The molecule has 0 amide bonds. The van der Waals surface area contributed by atoms with Crippen LogP contribution in [0.25, 0.3) is 6.08 Å². The van der Waals surface area contributed by atoms with Gasteiger partial charge in [-0.05, 0) is 37.6 Å². The molecule has 1 atom stereocenters. The van der Waals surface area contributed by atoms with Gasteiger partial charge in [-0.3, -0.25) is 4.98 Å². The Morgan fingerprint density at radius 3 is 2.71 bits per heavy atom. The van der Waals surface area contributed by atoms with Gasteiger partial charge in [-0.15, -0.1) is 0 Å². The largest absolute Gasteiger partial charge is 0.422 e. The molecule has 106 valence electrons. The average molecular weight is 300 g/mol. The molecule has 0 saturated carbocycles. The van der Waals surface area contributed by atoms with Gasteiger partial charge in [0.05, 0.1) is 27.6 Å². The van der Waals surface area contributed by atoms with Crippen molar-refractivity contribution in [3.8, 4) is 5.75 Å². The topological polar surface area (TPSA) is 69.2 Å². The molecule has 2 heterocycles. The van der Waals surface area contributed by atoms with Crippen molar-refractivity contribution in [3.63, 3.8) is 0 Å². The van der Waals surface area contributed by atoms with Gasteiger partial charge in [0.25, 0.3) is 0 Å². The van der Waals surface area contributed by atoms with Crippen LogP contribution in [0.5, 0.6) is 5.75 Å². The molecule has 1 aromatic carbocycles. The van der Waals surface area contributed by atoms with E-state index in [1.807, 2.05) is 13.0 Å².